The molecule has 100 valence electrons. The van der Waals surface area contributed by atoms with Crippen LogP contribution in [0.3, 0.4) is 0 Å². The number of aromatic nitrogens is 2. The van der Waals surface area contributed by atoms with Gasteiger partial charge in [0.2, 0.25) is 5.88 Å². The van der Waals surface area contributed by atoms with Crippen LogP contribution in [0.2, 0.25) is 0 Å². The molecule has 0 aliphatic rings. The third-order valence-corrected chi connectivity index (χ3v) is 2.63. The first-order valence-corrected chi connectivity index (χ1v) is 6.08. The van der Waals surface area contributed by atoms with Crippen LogP contribution < -0.4 is 15.2 Å². The highest BCUT2D eigenvalue weighted by Crippen LogP contribution is 2.32. The van der Waals surface area contributed by atoms with Gasteiger partial charge in [0, 0.05) is 23.5 Å². The maximum Gasteiger partial charge on any atom is 0.222 e. The number of anilines is 1. The Kier molecular flexibility index (Phi) is 3.85. The van der Waals surface area contributed by atoms with Crippen molar-refractivity contribution < 1.29 is 9.47 Å². The monoisotopic (exact) mass is 259 g/mol. The van der Waals surface area contributed by atoms with Gasteiger partial charge in [-0.2, -0.15) is 4.98 Å². The van der Waals surface area contributed by atoms with Crippen LogP contribution in [-0.2, 0) is 6.42 Å². The number of nitrogens with two attached hydrogens (primary N) is 1. The number of aryl methyl sites for hydroxylation is 2. The highest BCUT2D eigenvalue weighted by molar-refractivity contribution is 5.52. The zero-order chi connectivity index (χ0) is 13.8. The second-order valence-corrected chi connectivity index (χ2v) is 4.11. The summed E-state index contributed by atoms with van der Waals surface area (Å²) in [5.41, 5.74) is 7.27. The smallest absolute Gasteiger partial charge is 0.222 e. The summed E-state index contributed by atoms with van der Waals surface area (Å²) < 4.78 is 11.0. The van der Waals surface area contributed by atoms with Crippen LogP contribution in [-0.4, -0.2) is 17.1 Å². The minimum Gasteiger partial charge on any atom is -0.493 e. The number of benzene rings is 1. The summed E-state index contributed by atoms with van der Waals surface area (Å²) in [7, 11) is 1.57. The van der Waals surface area contributed by atoms with Gasteiger partial charge in [-0.25, -0.2) is 4.98 Å². The summed E-state index contributed by atoms with van der Waals surface area (Å²) in [5, 5.41) is 0. The number of rotatable bonds is 4. The molecule has 19 heavy (non-hydrogen) atoms. The molecule has 2 N–H and O–H groups in total. The van der Waals surface area contributed by atoms with Crippen LogP contribution in [0.4, 0.5) is 5.69 Å². The molecular weight excluding hydrogens is 242 g/mol. The van der Waals surface area contributed by atoms with Crippen LogP contribution in [0.5, 0.6) is 17.4 Å². The molecule has 0 aliphatic heterocycles. The molecule has 0 amide bonds. The van der Waals surface area contributed by atoms with Crippen LogP contribution in [0.1, 0.15) is 18.4 Å². The average molecular weight is 259 g/mol. The van der Waals surface area contributed by atoms with Gasteiger partial charge >= 0.3 is 0 Å². The van der Waals surface area contributed by atoms with Gasteiger partial charge in [-0.3, -0.25) is 0 Å². The van der Waals surface area contributed by atoms with Crippen molar-refractivity contribution in [3.8, 4) is 17.4 Å². The Balaban J connectivity index is 2.33. The normalized spacial score (nSPS) is 10.3. The zero-order valence-electron chi connectivity index (χ0n) is 11.3. The summed E-state index contributed by atoms with van der Waals surface area (Å²) in [4.78, 5) is 8.56. The Morgan fingerprint density at radius 2 is 1.95 bits per heavy atom. The molecule has 0 aliphatic carbocycles. The third kappa shape index (κ3) is 3.13. The highest BCUT2D eigenvalue weighted by Gasteiger charge is 2.08. The fourth-order valence-electron chi connectivity index (χ4n) is 1.71. The van der Waals surface area contributed by atoms with E-state index in [1.54, 1.807) is 25.3 Å². The molecule has 1 aromatic carbocycles. The van der Waals surface area contributed by atoms with Crippen molar-refractivity contribution in [3.63, 3.8) is 0 Å². The molecule has 0 saturated heterocycles. The number of ether oxygens (including phenoxy) is 2. The lowest BCUT2D eigenvalue weighted by atomic mass is 10.3. The third-order valence-electron chi connectivity index (χ3n) is 2.63. The van der Waals surface area contributed by atoms with Crippen molar-refractivity contribution in [1.29, 1.82) is 0 Å². The van der Waals surface area contributed by atoms with Crippen molar-refractivity contribution in [2.75, 3.05) is 12.8 Å². The quantitative estimate of drug-likeness (QED) is 0.855. The van der Waals surface area contributed by atoms with Crippen LogP contribution in [0.25, 0.3) is 0 Å². The molecule has 0 fully saturated rings. The summed E-state index contributed by atoms with van der Waals surface area (Å²) >= 11 is 0. The van der Waals surface area contributed by atoms with E-state index in [-0.39, 0.29) is 0 Å². The number of hydrogen-bond acceptors (Lipinski definition) is 5. The van der Waals surface area contributed by atoms with E-state index < -0.39 is 0 Å². The van der Waals surface area contributed by atoms with E-state index in [2.05, 4.69) is 9.97 Å². The lowest BCUT2D eigenvalue weighted by Crippen LogP contribution is -1.98. The standard InChI is InChI=1S/C14H17N3O2/c1-4-11-8-14(17-9(2)16-11)19-12-6-5-10(15)7-13(12)18-3/h5-8H,4,15H2,1-3H3. The van der Waals surface area contributed by atoms with E-state index in [4.69, 9.17) is 15.2 Å². The summed E-state index contributed by atoms with van der Waals surface area (Å²) in [6.07, 6.45) is 0.832. The van der Waals surface area contributed by atoms with Gasteiger partial charge in [-0.1, -0.05) is 6.92 Å². The van der Waals surface area contributed by atoms with Gasteiger partial charge in [0.05, 0.1) is 7.11 Å². The molecule has 0 atom stereocenters. The molecule has 0 spiro atoms. The molecule has 1 aromatic heterocycles. The number of nitrogens with zero attached hydrogens (tertiary/aromatic N) is 2. The van der Waals surface area contributed by atoms with E-state index >= 15 is 0 Å². The molecule has 5 nitrogen and oxygen atoms in total. The topological polar surface area (TPSA) is 70.3 Å². The molecule has 0 radical (unpaired) electrons. The van der Waals surface area contributed by atoms with Crippen molar-refractivity contribution in [2.45, 2.75) is 20.3 Å². The largest absolute Gasteiger partial charge is 0.493 e. The first-order chi connectivity index (χ1) is 9.12. The second kappa shape index (κ2) is 5.56. The van der Waals surface area contributed by atoms with Crippen molar-refractivity contribution in [1.82, 2.24) is 9.97 Å². The van der Waals surface area contributed by atoms with Gasteiger partial charge in [0.1, 0.15) is 5.82 Å². The molecular formula is C14H17N3O2. The zero-order valence-corrected chi connectivity index (χ0v) is 11.3. The molecule has 0 saturated carbocycles. The molecule has 2 rings (SSSR count). The Labute approximate surface area is 112 Å². The number of methoxy groups -OCH3 is 1. The van der Waals surface area contributed by atoms with Crippen molar-refractivity contribution in [3.05, 3.63) is 35.8 Å². The number of hydrogen-bond donors (Lipinski definition) is 1. The Morgan fingerprint density at radius 1 is 1.16 bits per heavy atom. The van der Waals surface area contributed by atoms with E-state index in [0.29, 0.717) is 28.9 Å². The predicted octanol–water partition coefficient (Wildman–Crippen LogP) is 2.73. The van der Waals surface area contributed by atoms with Gasteiger partial charge in [0.25, 0.3) is 0 Å². The molecule has 0 bridgehead atoms. The van der Waals surface area contributed by atoms with Crippen molar-refractivity contribution >= 4 is 5.69 Å². The fourth-order valence-corrected chi connectivity index (χ4v) is 1.71. The van der Waals surface area contributed by atoms with E-state index in [9.17, 15) is 0 Å². The molecule has 1 heterocycles. The molecule has 5 heteroatoms. The predicted molar refractivity (Wildman–Crippen MR) is 73.6 cm³/mol. The van der Waals surface area contributed by atoms with E-state index in [0.717, 1.165) is 12.1 Å². The fraction of sp³-hybridized carbons (Fsp3) is 0.286. The second-order valence-electron chi connectivity index (χ2n) is 4.11. The average Bonchev–Trinajstić information content (AvgIpc) is 2.40. The highest BCUT2D eigenvalue weighted by atomic mass is 16.5. The minimum absolute atomic E-state index is 0.507. The van der Waals surface area contributed by atoms with Crippen LogP contribution in [0, 0.1) is 6.92 Å². The maximum atomic E-state index is 5.75. The lowest BCUT2D eigenvalue weighted by Gasteiger charge is -2.11. The Bertz CT molecular complexity index is 585. The first-order valence-electron chi connectivity index (χ1n) is 6.08. The molecule has 0 unspecified atom stereocenters. The van der Waals surface area contributed by atoms with Crippen molar-refractivity contribution in [2.24, 2.45) is 0 Å². The van der Waals surface area contributed by atoms with Crippen LogP contribution >= 0.6 is 0 Å². The summed E-state index contributed by atoms with van der Waals surface area (Å²) in [6.45, 7) is 3.88. The summed E-state index contributed by atoms with van der Waals surface area (Å²) in [6, 6.07) is 7.05. The van der Waals surface area contributed by atoms with E-state index in [1.165, 1.54) is 0 Å². The Morgan fingerprint density at radius 3 is 2.63 bits per heavy atom. The van der Waals surface area contributed by atoms with Gasteiger partial charge in [-0.15, -0.1) is 0 Å². The summed E-state index contributed by atoms with van der Waals surface area (Å²) in [5.74, 6) is 2.35. The number of nitrogen functional groups attached to an aromatic ring is 1. The lowest BCUT2D eigenvalue weighted by molar-refractivity contribution is 0.373. The SMILES string of the molecule is CCc1cc(Oc2ccc(N)cc2OC)nc(C)n1. The first kappa shape index (κ1) is 13.1. The van der Waals surface area contributed by atoms with Gasteiger partial charge in [-0.05, 0) is 25.5 Å². The van der Waals surface area contributed by atoms with Gasteiger partial charge < -0.3 is 15.2 Å². The van der Waals surface area contributed by atoms with Crippen LogP contribution in [0.15, 0.2) is 24.3 Å². The van der Waals surface area contributed by atoms with E-state index in [1.807, 2.05) is 19.9 Å². The van der Waals surface area contributed by atoms with Gasteiger partial charge in [0.15, 0.2) is 11.5 Å². The Hall–Kier alpha value is -2.30. The maximum absolute atomic E-state index is 5.75. The minimum atomic E-state index is 0.507. The molecule has 2 aromatic rings.